The van der Waals surface area contributed by atoms with Gasteiger partial charge in [0, 0.05) is 11.8 Å². The Morgan fingerprint density at radius 3 is 2.83 bits per heavy atom. The van der Waals surface area contributed by atoms with Gasteiger partial charge in [0.2, 0.25) is 0 Å². The Morgan fingerprint density at radius 2 is 2.42 bits per heavy atom. The van der Waals surface area contributed by atoms with Gasteiger partial charge in [0.05, 0.1) is 11.1 Å². The molecule has 12 heavy (non-hydrogen) atoms. The first kappa shape index (κ1) is 9.00. The lowest BCUT2D eigenvalue weighted by molar-refractivity contribution is 0.0992. The molecule has 1 heterocycles. The first-order chi connectivity index (χ1) is 5.65. The molecule has 0 saturated carbocycles. The molecule has 1 aromatic rings. The average molecular weight is 186 g/mol. The molecule has 0 radical (unpaired) electrons. The van der Waals surface area contributed by atoms with Gasteiger partial charge < -0.3 is 4.98 Å². The molecule has 0 aliphatic heterocycles. The molecule has 0 fully saturated rings. The molecule has 0 aromatic carbocycles. The third kappa shape index (κ3) is 1.74. The minimum Gasteiger partial charge on any atom is -0.358 e. The largest absolute Gasteiger partial charge is 0.358 e. The highest BCUT2D eigenvalue weighted by Crippen LogP contribution is 2.08. The van der Waals surface area contributed by atoms with Gasteiger partial charge in [-0.15, -0.1) is 11.6 Å². The molecule has 3 nitrogen and oxygen atoms in total. The third-order valence-corrected chi connectivity index (χ3v) is 1.68. The van der Waals surface area contributed by atoms with Crippen LogP contribution in [0.3, 0.4) is 0 Å². The van der Waals surface area contributed by atoms with Crippen molar-refractivity contribution in [2.45, 2.75) is 12.3 Å². The normalized spacial score (nSPS) is 12.5. The molecule has 0 saturated heterocycles. The Kier molecular flexibility index (Phi) is 2.65. The van der Waals surface area contributed by atoms with Crippen LogP contribution in [0.5, 0.6) is 0 Å². The van der Waals surface area contributed by atoms with Crippen molar-refractivity contribution in [1.82, 2.24) is 4.98 Å². The molecule has 0 bridgehead atoms. The fraction of sp³-hybridized carbons (Fsp3) is 0.250. The Balaban J connectivity index is 2.89. The molecule has 0 aliphatic carbocycles. The lowest BCUT2D eigenvalue weighted by atomic mass is 10.2. The van der Waals surface area contributed by atoms with Crippen LogP contribution < -0.4 is 0 Å². The molecule has 0 aliphatic rings. The van der Waals surface area contributed by atoms with Crippen molar-refractivity contribution in [1.29, 1.82) is 0 Å². The van der Waals surface area contributed by atoms with Gasteiger partial charge in [0.25, 0.3) is 0 Å². The topological polar surface area (TPSA) is 49.9 Å². The minimum absolute atomic E-state index is 0.180. The van der Waals surface area contributed by atoms with Gasteiger partial charge in [0.1, 0.15) is 0 Å². The average Bonchev–Trinajstić information content (AvgIpc) is 2.50. The lowest BCUT2D eigenvalue weighted by Crippen LogP contribution is -2.08. The van der Waals surface area contributed by atoms with Gasteiger partial charge in [-0.3, -0.25) is 9.59 Å². The summed E-state index contributed by atoms with van der Waals surface area (Å²) in [6.45, 7) is 1.59. The van der Waals surface area contributed by atoms with E-state index in [4.69, 9.17) is 11.6 Å². The monoisotopic (exact) mass is 185 g/mol. The van der Waals surface area contributed by atoms with Crippen molar-refractivity contribution >= 4 is 23.7 Å². The second kappa shape index (κ2) is 3.54. The molecular weight excluding hydrogens is 178 g/mol. The smallest absolute Gasteiger partial charge is 0.181 e. The van der Waals surface area contributed by atoms with Crippen LogP contribution >= 0.6 is 11.6 Å². The second-order valence-corrected chi connectivity index (χ2v) is 3.10. The van der Waals surface area contributed by atoms with E-state index in [1.807, 2.05) is 0 Å². The van der Waals surface area contributed by atoms with Crippen LogP contribution in [0.25, 0.3) is 0 Å². The number of aromatic nitrogens is 1. The first-order valence-corrected chi connectivity index (χ1v) is 3.90. The van der Waals surface area contributed by atoms with E-state index < -0.39 is 5.38 Å². The zero-order valence-corrected chi connectivity index (χ0v) is 7.26. The molecule has 1 rings (SSSR count). The fourth-order valence-electron chi connectivity index (χ4n) is 0.852. The molecule has 64 valence electrons. The maximum absolute atomic E-state index is 11.2. The minimum atomic E-state index is -0.555. The number of alkyl halides is 1. The van der Waals surface area contributed by atoms with E-state index in [0.717, 1.165) is 0 Å². The maximum Gasteiger partial charge on any atom is 0.181 e. The number of carbonyl (C=O) groups is 2. The standard InChI is InChI=1S/C8H8ClNO2/c1-5(9)8(12)6-2-7(4-11)10-3-6/h2-5,10H,1H3. The molecule has 0 amide bonds. The summed E-state index contributed by atoms with van der Waals surface area (Å²) in [7, 11) is 0. The number of aromatic amines is 1. The number of hydrogen-bond acceptors (Lipinski definition) is 2. The molecular formula is C8H8ClNO2. The van der Waals surface area contributed by atoms with E-state index in [1.54, 1.807) is 6.92 Å². The summed E-state index contributed by atoms with van der Waals surface area (Å²) >= 11 is 5.56. The number of Topliss-reactive ketones (excluding diaryl/α,β-unsaturated/α-hetero) is 1. The van der Waals surface area contributed by atoms with Crippen LogP contribution in [-0.2, 0) is 0 Å². The highest BCUT2D eigenvalue weighted by molar-refractivity contribution is 6.33. The SMILES string of the molecule is CC(Cl)C(=O)c1c[nH]c(C=O)c1. The Bertz CT molecular complexity index is 304. The van der Waals surface area contributed by atoms with E-state index in [1.165, 1.54) is 12.3 Å². The van der Waals surface area contributed by atoms with E-state index >= 15 is 0 Å². The number of carbonyl (C=O) groups excluding carboxylic acids is 2. The van der Waals surface area contributed by atoms with Crippen LogP contribution in [0.2, 0.25) is 0 Å². The second-order valence-electron chi connectivity index (χ2n) is 2.44. The van der Waals surface area contributed by atoms with Crippen molar-refractivity contribution in [3.05, 3.63) is 23.5 Å². The number of halogens is 1. The molecule has 1 atom stereocenters. The summed E-state index contributed by atoms with van der Waals surface area (Å²) in [5.41, 5.74) is 0.829. The van der Waals surface area contributed by atoms with Gasteiger partial charge in [-0.1, -0.05) is 0 Å². The van der Waals surface area contributed by atoms with Gasteiger partial charge in [-0.2, -0.15) is 0 Å². The summed E-state index contributed by atoms with van der Waals surface area (Å²) in [5, 5.41) is -0.555. The first-order valence-electron chi connectivity index (χ1n) is 3.47. The van der Waals surface area contributed by atoms with Crippen molar-refractivity contribution in [3.63, 3.8) is 0 Å². The summed E-state index contributed by atoms with van der Waals surface area (Å²) < 4.78 is 0. The predicted molar refractivity (Wildman–Crippen MR) is 45.8 cm³/mol. The fourth-order valence-corrected chi connectivity index (χ4v) is 0.978. The maximum atomic E-state index is 11.2. The van der Waals surface area contributed by atoms with Crippen LogP contribution in [0.1, 0.15) is 27.8 Å². The van der Waals surface area contributed by atoms with Crippen molar-refractivity contribution in [2.75, 3.05) is 0 Å². The van der Waals surface area contributed by atoms with Crippen LogP contribution in [0, 0.1) is 0 Å². The lowest BCUT2D eigenvalue weighted by Gasteiger charge is -1.96. The van der Waals surface area contributed by atoms with Crippen molar-refractivity contribution < 1.29 is 9.59 Å². The van der Waals surface area contributed by atoms with E-state index in [9.17, 15) is 9.59 Å². The summed E-state index contributed by atoms with van der Waals surface area (Å²) in [5.74, 6) is -0.180. The Morgan fingerprint density at radius 1 is 1.75 bits per heavy atom. The zero-order valence-electron chi connectivity index (χ0n) is 6.50. The Hall–Kier alpha value is -1.09. The van der Waals surface area contributed by atoms with Crippen LogP contribution in [0.4, 0.5) is 0 Å². The highest BCUT2D eigenvalue weighted by atomic mass is 35.5. The van der Waals surface area contributed by atoms with E-state index in [-0.39, 0.29) is 5.78 Å². The zero-order chi connectivity index (χ0) is 9.14. The molecule has 4 heteroatoms. The molecule has 1 aromatic heterocycles. The van der Waals surface area contributed by atoms with Crippen LogP contribution in [-0.4, -0.2) is 22.4 Å². The summed E-state index contributed by atoms with van der Waals surface area (Å²) in [6, 6.07) is 1.48. The number of nitrogens with one attached hydrogen (secondary N) is 1. The number of ketones is 1. The van der Waals surface area contributed by atoms with E-state index in [0.29, 0.717) is 17.5 Å². The molecule has 1 unspecified atom stereocenters. The number of aldehydes is 1. The van der Waals surface area contributed by atoms with Gasteiger partial charge >= 0.3 is 0 Å². The van der Waals surface area contributed by atoms with Crippen LogP contribution in [0.15, 0.2) is 12.3 Å². The summed E-state index contributed by atoms with van der Waals surface area (Å²) in [4.78, 5) is 24.1. The van der Waals surface area contributed by atoms with E-state index in [2.05, 4.69) is 4.98 Å². The van der Waals surface area contributed by atoms with Gasteiger partial charge in [-0.25, -0.2) is 0 Å². The molecule has 0 spiro atoms. The number of hydrogen-bond donors (Lipinski definition) is 1. The summed E-state index contributed by atoms with van der Waals surface area (Å²) in [6.07, 6.45) is 2.13. The van der Waals surface area contributed by atoms with Crippen molar-refractivity contribution in [2.24, 2.45) is 0 Å². The molecule has 1 N–H and O–H groups in total. The number of H-pyrrole nitrogens is 1. The Labute approximate surface area is 74.7 Å². The van der Waals surface area contributed by atoms with Gasteiger partial charge in [0.15, 0.2) is 12.1 Å². The number of rotatable bonds is 3. The van der Waals surface area contributed by atoms with Gasteiger partial charge in [-0.05, 0) is 13.0 Å². The quantitative estimate of drug-likeness (QED) is 0.442. The highest BCUT2D eigenvalue weighted by Gasteiger charge is 2.13. The third-order valence-electron chi connectivity index (χ3n) is 1.48. The predicted octanol–water partition coefficient (Wildman–Crippen LogP) is 1.64. The van der Waals surface area contributed by atoms with Crippen molar-refractivity contribution in [3.8, 4) is 0 Å².